The number of unbranched alkanes of at least 4 members (excludes halogenated alkanes) is 22. The number of carbonyl (C=O) groups excluding carboxylic acids is 1. The van der Waals surface area contributed by atoms with Crippen LogP contribution in [0.4, 0.5) is 0 Å². The highest BCUT2D eigenvalue weighted by molar-refractivity contribution is 5.85. The first kappa shape index (κ1) is 49.9. The monoisotopic (exact) mass is 773 g/mol. The van der Waals surface area contributed by atoms with Crippen LogP contribution in [0.15, 0.2) is 54.6 Å². The van der Waals surface area contributed by atoms with Crippen molar-refractivity contribution in [2.45, 2.75) is 193 Å². The van der Waals surface area contributed by atoms with E-state index in [-0.39, 0.29) is 24.4 Å². The van der Waals surface area contributed by atoms with Gasteiger partial charge in [0.1, 0.15) is 12.4 Å². The summed E-state index contributed by atoms with van der Waals surface area (Å²) < 4.78 is 18.3. The van der Waals surface area contributed by atoms with Gasteiger partial charge >= 0.3 is 0 Å². The number of ether oxygens (including phenoxy) is 3. The van der Waals surface area contributed by atoms with Gasteiger partial charge in [-0.25, -0.2) is 0 Å². The lowest BCUT2D eigenvalue weighted by Crippen LogP contribution is -2.45. The van der Waals surface area contributed by atoms with Gasteiger partial charge in [0.15, 0.2) is 0 Å². The highest BCUT2D eigenvalue weighted by Crippen LogP contribution is 2.16. The molecule has 0 spiro atoms. The van der Waals surface area contributed by atoms with Gasteiger partial charge in [0, 0.05) is 19.8 Å². The number of amides is 1. The molecule has 310 valence electrons. The second-order valence-corrected chi connectivity index (χ2v) is 15.3. The molecule has 0 aliphatic rings. The van der Waals surface area contributed by atoms with Gasteiger partial charge in [-0.05, 0) is 42.5 Å². The lowest BCUT2D eigenvalue weighted by molar-refractivity contribution is -0.123. The third-order valence-corrected chi connectivity index (χ3v) is 10.3. The quantitative estimate of drug-likeness (QED) is 0.0668. The molecule has 0 aliphatic heterocycles. The summed E-state index contributed by atoms with van der Waals surface area (Å²) in [7, 11) is 0. The summed E-state index contributed by atoms with van der Waals surface area (Å²) in [5.74, 6) is 0.640. The number of rotatable bonds is 37. The molecule has 0 radical (unpaired) electrons. The zero-order valence-corrected chi connectivity index (χ0v) is 35.5. The SMILES string of the molecule is CCCCCCCCCCCCCCOCC(CNC(=O)C(N)Cc1ccc(OCc2ccccc2)cc1)OCCCCCCCCCCCCCC.Cl. The molecule has 2 aromatic rings. The van der Waals surface area contributed by atoms with Crippen molar-refractivity contribution >= 4 is 18.3 Å². The molecule has 0 bridgehead atoms. The van der Waals surface area contributed by atoms with Gasteiger partial charge in [-0.15, -0.1) is 12.4 Å². The van der Waals surface area contributed by atoms with Crippen molar-refractivity contribution in [3.63, 3.8) is 0 Å². The molecule has 2 atom stereocenters. The van der Waals surface area contributed by atoms with E-state index in [4.69, 9.17) is 19.9 Å². The maximum absolute atomic E-state index is 13.0. The lowest BCUT2D eigenvalue weighted by atomic mass is 10.1. The Hall–Kier alpha value is -2.12. The fraction of sp³-hybridized carbons (Fsp3) is 0.723. The van der Waals surface area contributed by atoms with Crippen LogP contribution in [0.2, 0.25) is 0 Å². The summed E-state index contributed by atoms with van der Waals surface area (Å²) in [6.45, 7) is 7.43. The molecule has 54 heavy (non-hydrogen) atoms. The second-order valence-electron chi connectivity index (χ2n) is 15.3. The summed E-state index contributed by atoms with van der Waals surface area (Å²) >= 11 is 0. The smallest absolute Gasteiger partial charge is 0.237 e. The molecule has 1 amide bonds. The van der Waals surface area contributed by atoms with Crippen LogP contribution in [0, 0.1) is 0 Å². The first-order chi connectivity index (χ1) is 26.1. The third kappa shape index (κ3) is 28.3. The van der Waals surface area contributed by atoms with Gasteiger partial charge in [-0.2, -0.15) is 0 Å². The molecular formula is C47H81ClN2O4. The number of hydrogen-bond donors (Lipinski definition) is 2. The molecule has 3 N–H and O–H groups in total. The second kappa shape index (κ2) is 36.5. The minimum atomic E-state index is -0.634. The van der Waals surface area contributed by atoms with Crippen LogP contribution in [0.3, 0.4) is 0 Å². The van der Waals surface area contributed by atoms with Crippen molar-refractivity contribution in [2.75, 3.05) is 26.4 Å². The number of benzene rings is 2. The van der Waals surface area contributed by atoms with Crippen molar-refractivity contribution < 1.29 is 19.0 Å². The molecule has 0 aromatic heterocycles. The Kier molecular flexibility index (Phi) is 33.7. The topological polar surface area (TPSA) is 82.8 Å². The zero-order valence-electron chi connectivity index (χ0n) is 34.7. The number of hydrogen-bond acceptors (Lipinski definition) is 5. The largest absolute Gasteiger partial charge is 0.489 e. The fourth-order valence-corrected chi connectivity index (χ4v) is 6.77. The van der Waals surface area contributed by atoms with E-state index in [1.54, 1.807) is 0 Å². The van der Waals surface area contributed by atoms with E-state index in [2.05, 4.69) is 19.2 Å². The van der Waals surface area contributed by atoms with Crippen LogP contribution < -0.4 is 15.8 Å². The Labute approximate surface area is 338 Å². The van der Waals surface area contributed by atoms with Crippen molar-refractivity contribution in [3.8, 4) is 5.75 Å². The van der Waals surface area contributed by atoms with Crippen LogP contribution >= 0.6 is 12.4 Å². The molecular weight excluding hydrogens is 692 g/mol. The van der Waals surface area contributed by atoms with Crippen LogP contribution in [-0.2, 0) is 27.3 Å². The number of nitrogens with two attached hydrogens (primary N) is 1. The maximum Gasteiger partial charge on any atom is 0.237 e. The Balaban J connectivity index is 0.0000146. The van der Waals surface area contributed by atoms with Crippen LogP contribution in [-0.4, -0.2) is 44.4 Å². The van der Waals surface area contributed by atoms with Crippen molar-refractivity contribution in [1.29, 1.82) is 0 Å². The predicted octanol–water partition coefficient (Wildman–Crippen LogP) is 12.5. The van der Waals surface area contributed by atoms with Gasteiger partial charge in [0.25, 0.3) is 0 Å². The van der Waals surface area contributed by atoms with E-state index < -0.39 is 6.04 Å². The summed E-state index contributed by atoms with van der Waals surface area (Å²) in [6.07, 6.45) is 32.1. The van der Waals surface area contributed by atoms with Crippen molar-refractivity contribution in [2.24, 2.45) is 5.73 Å². The Morgan fingerprint density at radius 2 is 1.06 bits per heavy atom. The summed E-state index contributed by atoms with van der Waals surface area (Å²) in [5.41, 5.74) is 8.48. The first-order valence-electron chi connectivity index (χ1n) is 22.1. The molecule has 0 saturated heterocycles. The summed E-state index contributed by atoms with van der Waals surface area (Å²) in [5, 5.41) is 3.06. The van der Waals surface area contributed by atoms with E-state index in [1.165, 1.54) is 141 Å². The van der Waals surface area contributed by atoms with E-state index in [1.807, 2.05) is 54.6 Å². The molecule has 7 heteroatoms. The summed E-state index contributed by atoms with van der Waals surface area (Å²) in [6, 6.07) is 17.3. The molecule has 0 saturated carbocycles. The number of halogens is 1. The lowest BCUT2D eigenvalue weighted by Gasteiger charge is -2.20. The Morgan fingerprint density at radius 3 is 1.56 bits per heavy atom. The van der Waals surface area contributed by atoms with E-state index in [0.29, 0.717) is 32.8 Å². The minimum absolute atomic E-state index is 0. The predicted molar refractivity (Wildman–Crippen MR) is 232 cm³/mol. The number of nitrogens with one attached hydrogen (secondary N) is 1. The highest BCUT2D eigenvalue weighted by Gasteiger charge is 2.17. The molecule has 2 unspecified atom stereocenters. The van der Waals surface area contributed by atoms with Crippen LogP contribution in [0.1, 0.15) is 179 Å². The normalized spacial score (nSPS) is 12.3. The van der Waals surface area contributed by atoms with Crippen molar-refractivity contribution in [1.82, 2.24) is 5.32 Å². The molecule has 2 rings (SSSR count). The van der Waals surface area contributed by atoms with Crippen LogP contribution in [0.5, 0.6) is 5.75 Å². The maximum atomic E-state index is 13.0. The molecule has 2 aromatic carbocycles. The molecule has 0 fully saturated rings. The standard InChI is InChI=1S/C47H80N2O4.ClH/c1-3-5-7-9-11-13-15-17-19-21-23-28-36-51-41-45(52-37-29-24-22-20-18-16-14-12-10-8-6-4-2)39-49-47(50)46(48)38-42-32-34-44(35-33-42)53-40-43-30-26-25-27-31-43;/h25-27,30-35,45-46H,3-24,28-29,36-41,48H2,1-2H3,(H,49,50);1H. The number of carbonyl (C=O) groups is 1. The van der Waals surface area contributed by atoms with E-state index in [9.17, 15) is 4.79 Å². The van der Waals surface area contributed by atoms with Gasteiger partial charge in [0.2, 0.25) is 5.91 Å². The third-order valence-electron chi connectivity index (χ3n) is 10.3. The van der Waals surface area contributed by atoms with E-state index >= 15 is 0 Å². The van der Waals surface area contributed by atoms with Crippen LogP contribution in [0.25, 0.3) is 0 Å². The highest BCUT2D eigenvalue weighted by atomic mass is 35.5. The van der Waals surface area contributed by atoms with Gasteiger partial charge in [0.05, 0.1) is 18.8 Å². The molecule has 6 nitrogen and oxygen atoms in total. The first-order valence-corrected chi connectivity index (χ1v) is 22.1. The van der Waals surface area contributed by atoms with Crippen molar-refractivity contribution in [3.05, 3.63) is 65.7 Å². The Bertz CT molecular complexity index is 1090. The van der Waals surface area contributed by atoms with Gasteiger partial charge in [-0.3, -0.25) is 4.79 Å². The molecule has 0 heterocycles. The fourth-order valence-electron chi connectivity index (χ4n) is 6.77. The average Bonchev–Trinajstić information content (AvgIpc) is 3.18. The summed E-state index contributed by atoms with van der Waals surface area (Å²) in [4.78, 5) is 13.0. The Morgan fingerprint density at radius 1 is 0.593 bits per heavy atom. The zero-order chi connectivity index (χ0) is 37.9. The van der Waals surface area contributed by atoms with Gasteiger partial charge < -0.3 is 25.3 Å². The average molecular weight is 774 g/mol. The molecule has 0 aliphatic carbocycles. The minimum Gasteiger partial charge on any atom is -0.489 e. The van der Waals surface area contributed by atoms with E-state index in [0.717, 1.165) is 36.3 Å². The van der Waals surface area contributed by atoms with Gasteiger partial charge in [-0.1, -0.05) is 198 Å².